The van der Waals surface area contributed by atoms with Gasteiger partial charge in [0.1, 0.15) is 18.2 Å². The summed E-state index contributed by atoms with van der Waals surface area (Å²) in [6.45, 7) is 0.472. The maximum absolute atomic E-state index is 13.9. The van der Waals surface area contributed by atoms with Crippen LogP contribution in [-0.4, -0.2) is 11.9 Å². The Kier molecular flexibility index (Phi) is 5.71. The van der Waals surface area contributed by atoms with E-state index in [1.807, 2.05) is 48.5 Å². The van der Waals surface area contributed by atoms with Crippen LogP contribution >= 0.6 is 22.6 Å². The number of hydrogen-bond acceptors (Lipinski definition) is 4. The second-order valence-corrected chi connectivity index (χ2v) is 7.55. The number of halogens is 2. The Morgan fingerprint density at radius 2 is 1.72 bits per heavy atom. The number of aliphatic imine (C=N–C) groups is 1. The lowest BCUT2D eigenvalue weighted by molar-refractivity contribution is -0.129. The van der Waals surface area contributed by atoms with Crippen LogP contribution < -0.4 is 4.74 Å². The zero-order valence-corrected chi connectivity index (χ0v) is 17.3. The molecular formula is C23H15FINO3. The molecule has 0 radical (unpaired) electrons. The first-order chi connectivity index (χ1) is 14.1. The van der Waals surface area contributed by atoms with Crippen LogP contribution in [0, 0.1) is 9.39 Å². The molecule has 1 aliphatic rings. The summed E-state index contributed by atoms with van der Waals surface area (Å²) >= 11 is 2.26. The van der Waals surface area contributed by atoms with Gasteiger partial charge in [-0.2, -0.15) is 0 Å². The molecule has 0 saturated heterocycles. The Bertz CT molecular complexity index is 1110. The first-order valence-electron chi connectivity index (χ1n) is 8.83. The summed E-state index contributed by atoms with van der Waals surface area (Å²) < 4.78 is 25.9. The number of cyclic esters (lactones) is 1. The van der Waals surface area contributed by atoms with Gasteiger partial charge in [0.15, 0.2) is 5.70 Å². The maximum Gasteiger partial charge on any atom is 0.363 e. The van der Waals surface area contributed by atoms with Crippen molar-refractivity contribution in [2.75, 3.05) is 0 Å². The monoisotopic (exact) mass is 499 g/mol. The van der Waals surface area contributed by atoms with Crippen LogP contribution in [0.25, 0.3) is 6.08 Å². The molecule has 4 rings (SSSR count). The highest BCUT2D eigenvalue weighted by molar-refractivity contribution is 14.1. The first kappa shape index (κ1) is 19.3. The van der Waals surface area contributed by atoms with Crippen LogP contribution in [-0.2, 0) is 16.1 Å². The van der Waals surface area contributed by atoms with E-state index in [9.17, 15) is 9.18 Å². The average molecular weight is 499 g/mol. The maximum atomic E-state index is 13.9. The molecule has 0 aromatic heterocycles. The van der Waals surface area contributed by atoms with Crippen LogP contribution in [0.15, 0.2) is 83.5 Å². The van der Waals surface area contributed by atoms with Crippen molar-refractivity contribution in [2.24, 2.45) is 4.99 Å². The van der Waals surface area contributed by atoms with Crippen molar-refractivity contribution >= 4 is 40.5 Å². The van der Waals surface area contributed by atoms with Gasteiger partial charge in [-0.15, -0.1) is 0 Å². The van der Waals surface area contributed by atoms with Gasteiger partial charge in [-0.1, -0.05) is 36.4 Å². The van der Waals surface area contributed by atoms with E-state index in [0.29, 0.717) is 6.61 Å². The Balaban J connectivity index is 1.46. The second kappa shape index (κ2) is 8.57. The Morgan fingerprint density at radius 3 is 2.45 bits per heavy atom. The molecule has 4 nitrogen and oxygen atoms in total. The third-order valence-corrected chi connectivity index (χ3v) is 4.95. The number of carbonyl (C=O) groups is 1. The lowest BCUT2D eigenvalue weighted by Gasteiger charge is -2.06. The molecule has 0 N–H and O–H groups in total. The summed E-state index contributed by atoms with van der Waals surface area (Å²) in [6, 6.07) is 21.4. The lowest BCUT2D eigenvalue weighted by atomic mass is 10.2. The molecule has 144 valence electrons. The molecule has 0 fully saturated rings. The highest BCUT2D eigenvalue weighted by Crippen LogP contribution is 2.22. The summed E-state index contributed by atoms with van der Waals surface area (Å²) in [4.78, 5) is 16.2. The molecule has 0 atom stereocenters. The fourth-order valence-corrected chi connectivity index (χ4v) is 3.08. The third kappa shape index (κ3) is 4.71. The Hall–Kier alpha value is -3.00. The van der Waals surface area contributed by atoms with Crippen molar-refractivity contribution < 1.29 is 18.7 Å². The van der Waals surface area contributed by atoms with Crippen LogP contribution in [0.3, 0.4) is 0 Å². The average Bonchev–Trinajstić information content (AvgIpc) is 3.09. The summed E-state index contributed by atoms with van der Waals surface area (Å²) in [6.07, 6.45) is 1.60. The molecule has 1 heterocycles. The molecule has 0 saturated carbocycles. The van der Waals surface area contributed by atoms with E-state index >= 15 is 0 Å². The zero-order chi connectivity index (χ0) is 20.2. The summed E-state index contributed by atoms with van der Waals surface area (Å²) in [5, 5.41) is 0. The normalized spacial score (nSPS) is 14.6. The van der Waals surface area contributed by atoms with Gasteiger partial charge >= 0.3 is 5.97 Å². The van der Waals surface area contributed by atoms with Crippen LogP contribution in [0.2, 0.25) is 0 Å². The number of nitrogens with zero attached hydrogens (tertiary/aromatic N) is 1. The molecule has 0 bridgehead atoms. The summed E-state index contributed by atoms with van der Waals surface area (Å²) in [7, 11) is 0. The van der Waals surface area contributed by atoms with E-state index < -0.39 is 11.8 Å². The molecule has 0 spiro atoms. The van der Waals surface area contributed by atoms with Gasteiger partial charge in [0, 0.05) is 3.57 Å². The largest absolute Gasteiger partial charge is 0.489 e. The molecule has 0 amide bonds. The van der Waals surface area contributed by atoms with E-state index in [-0.39, 0.29) is 17.2 Å². The minimum absolute atomic E-state index is 0.0307. The van der Waals surface area contributed by atoms with E-state index in [4.69, 9.17) is 9.47 Å². The minimum Gasteiger partial charge on any atom is -0.489 e. The minimum atomic E-state index is -0.609. The standard InChI is InChI=1S/C23H15FINO3/c24-20-4-2-1-3-19(20)22-26-21(23(27)29-22)13-15-7-11-18(12-8-15)28-14-16-5-9-17(25)10-6-16/h1-13H,14H2/b21-13-. The van der Waals surface area contributed by atoms with Gasteiger partial charge in [-0.25, -0.2) is 14.2 Å². The number of esters is 1. The molecular weight excluding hydrogens is 484 g/mol. The van der Waals surface area contributed by atoms with Gasteiger partial charge < -0.3 is 9.47 Å². The van der Waals surface area contributed by atoms with E-state index in [2.05, 4.69) is 27.6 Å². The fraction of sp³-hybridized carbons (Fsp3) is 0.0435. The fourth-order valence-electron chi connectivity index (χ4n) is 2.72. The van der Waals surface area contributed by atoms with Crippen LogP contribution in [0.1, 0.15) is 16.7 Å². The van der Waals surface area contributed by atoms with Crippen molar-refractivity contribution in [3.8, 4) is 5.75 Å². The molecule has 3 aromatic rings. The van der Waals surface area contributed by atoms with Gasteiger partial charge in [-0.3, -0.25) is 0 Å². The van der Waals surface area contributed by atoms with Gasteiger partial charge in [0.2, 0.25) is 5.90 Å². The van der Waals surface area contributed by atoms with Crippen molar-refractivity contribution in [3.63, 3.8) is 0 Å². The smallest absolute Gasteiger partial charge is 0.363 e. The van der Waals surface area contributed by atoms with E-state index in [0.717, 1.165) is 16.9 Å². The second-order valence-electron chi connectivity index (χ2n) is 6.30. The number of benzene rings is 3. The summed E-state index contributed by atoms with van der Waals surface area (Å²) in [5.41, 5.74) is 2.12. The number of carbonyl (C=O) groups excluding carboxylic acids is 1. The molecule has 1 aliphatic heterocycles. The topological polar surface area (TPSA) is 47.9 Å². The van der Waals surface area contributed by atoms with Crippen molar-refractivity contribution in [3.05, 3.63) is 105 Å². The molecule has 3 aromatic carbocycles. The molecule has 0 aliphatic carbocycles. The SMILES string of the molecule is O=C1OC(c2ccccc2F)=N/C1=C\c1ccc(OCc2ccc(I)cc2)cc1. The van der Waals surface area contributed by atoms with Gasteiger partial charge in [-0.05, 0) is 76.2 Å². The third-order valence-electron chi connectivity index (χ3n) is 4.23. The number of hydrogen-bond donors (Lipinski definition) is 0. The van der Waals surface area contributed by atoms with Crippen molar-refractivity contribution in [1.29, 1.82) is 0 Å². The molecule has 6 heteroatoms. The Morgan fingerprint density at radius 1 is 1.00 bits per heavy atom. The molecule has 0 unspecified atom stereocenters. The van der Waals surface area contributed by atoms with Gasteiger partial charge in [0.25, 0.3) is 0 Å². The zero-order valence-electron chi connectivity index (χ0n) is 15.1. The van der Waals surface area contributed by atoms with Crippen LogP contribution in [0.5, 0.6) is 5.75 Å². The lowest BCUT2D eigenvalue weighted by Crippen LogP contribution is -2.07. The van der Waals surface area contributed by atoms with E-state index in [1.54, 1.807) is 18.2 Å². The number of rotatable bonds is 5. The Labute approximate surface area is 180 Å². The van der Waals surface area contributed by atoms with Crippen LogP contribution in [0.4, 0.5) is 4.39 Å². The molecule has 29 heavy (non-hydrogen) atoms. The predicted octanol–water partition coefficient (Wildman–Crippen LogP) is 5.35. The van der Waals surface area contributed by atoms with Crippen molar-refractivity contribution in [1.82, 2.24) is 0 Å². The highest BCUT2D eigenvalue weighted by atomic mass is 127. The highest BCUT2D eigenvalue weighted by Gasteiger charge is 2.25. The summed E-state index contributed by atoms with van der Waals surface area (Å²) in [5.74, 6) is -0.413. The predicted molar refractivity (Wildman–Crippen MR) is 117 cm³/mol. The first-order valence-corrected chi connectivity index (χ1v) is 9.91. The van der Waals surface area contributed by atoms with Gasteiger partial charge in [0.05, 0.1) is 5.56 Å². The van der Waals surface area contributed by atoms with Crippen molar-refractivity contribution in [2.45, 2.75) is 6.61 Å². The number of ether oxygens (including phenoxy) is 2. The quantitative estimate of drug-likeness (QED) is 0.270. The van der Waals surface area contributed by atoms with E-state index in [1.165, 1.54) is 15.7 Å².